The lowest BCUT2D eigenvalue weighted by molar-refractivity contribution is 0.140. The van der Waals surface area contributed by atoms with E-state index in [0.29, 0.717) is 0 Å². The van der Waals surface area contributed by atoms with Crippen molar-refractivity contribution >= 4 is 0 Å². The fourth-order valence-corrected chi connectivity index (χ4v) is 2.58. The molecule has 1 atom stereocenters. The van der Waals surface area contributed by atoms with Crippen LogP contribution in [-0.2, 0) is 11.2 Å². The molecule has 19 heavy (non-hydrogen) atoms. The molecule has 1 saturated heterocycles. The van der Waals surface area contributed by atoms with Gasteiger partial charge in [0.25, 0.3) is 0 Å². The van der Waals surface area contributed by atoms with Gasteiger partial charge in [-0.05, 0) is 24.0 Å². The van der Waals surface area contributed by atoms with E-state index in [2.05, 4.69) is 36.1 Å². The van der Waals surface area contributed by atoms with Crippen LogP contribution in [0.2, 0.25) is 0 Å². The molecule has 2 rings (SSSR count). The van der Waals surface area contributed by atoms with E-state index in [1.165, 1.54) is 17.5 Å². The highest BCUT2D eigenvalue weighted by atomic mass is 16.5. The Balaban J connectivity index is 1.89. The van der Waals surface area contributed by atoms with Crippen molar-refractivity contribution in [3.63, 3.8) is 0 Å². The molecular formula is C16H26N2O. The summed E-state index contributed by atoms with van der Waals surface area (Å²) in [6, 6.07) is 8.90. The zero-order chi connectivity index (χ0) is 13.5. The molecule has 1 unspecified atom stereocenters. The van der Waals surface area contributed by atoms with Gasteiger partial charge in [0, 0.05) is 32.3 Å². The Morgan fingerprint density at radius 1 is 1.21 bits per heavy atom. The topological polar surface area (TPSA) is 38.5 Å². The Morgan fingerprint density at radius 2 is 2.00 bits per heavy atom. The molecule has 1 aliphatic rings. The summed E-state index contributed by atoms with van der Waals surface area (Å²) >= 11 is 0. The number of aryl methyl sites for hydroxylation is 1. The molecule has 0 aliphatic carbocycles. The molecule has 1 heterocycles. The first-order valence-electron chi connectivity index (χ1n) is 7.44. The summed E-state index contributed by atoms with van der Waals surface area (Å²) in [4.78, 5) is 2.41. The predicted octanol–water partition coefficient (Wildman–Crippen LogP) is 2.36. The van der Waals surface area contributed by atoms with Crippen molar-refractivity contribution in [2.75, 3.05) is 32.8 Å². The Bertz CT molecular complexity index is 356. The largest absolute Gasteiger partial charge is 0.380 e. The molecule has 0 bridgehead atoms. The average Bonchev–Trinajstić information content (AvgIpc) is 2.68. The van der Waals surface area contributed by atoms with Crippen LogP contribution in [0, 0.1) is 0 Å². The minimum Gasteiger partial charge on any atom is -0.380 e. The molecule has 3 nitrogen and oxygen atoms in total. The number of nitrogens with zero attached hydrogens (tertiary/aromatic N) is 1. The molecule has 0 aromatic heterocycles. The normalized spacial score (nSPS) is 19.1. The summed E-state index contributed by atoms with van der Waals surface area (Å²) < 4.78 is 5.47. The smallest absolute Gasteiger partial charge is 0.0593 e. The van der Waals surface area contributed by atoms with Crippen LogP contribution >= 0.6 is 0 Å². The van der Waals surface area contributed by atoms with Crippen molar-refractivity contribution in [1.82, 2.24) is 4.90 Å². The first kappa shape index (κ1) is 14.5. The molecule has 106 valence electrons. The second-order valence-electron chi connectivity index (χ2n) is 5.36. The standard InChI is InChI=1S/C16H26N2O/c1-2-4-14-5-7-15(8-6-14)16(17)13-18-9-3-11-19-12-10-18/h5-8,16H,2-4,9-13,17H2,1H3. The van der Waals surface area contributed by atoms with Gasteiger partial charge in [-0.1, -0.05) is 37.6 Å². The van der Waals surface area contributed by atoms with Gasteiger partial charge in [0.2, 0.25) is 0 Å². The van der Waals surface area contributed by atoms with E-state index in [0.717, 1.165) is 45.7 Å². The van der Waals surface area contributed by atoms with Gasteiger partial charge in [0.15, 0.2) is 0 Å². The van der Waals surface area contributed by atoms with Crippen molar-refractivity contribution in [2.45, 2.75) is 32.2 Å². The first-order chi connectivity index (χ1) is 9.29. The fraction of sp³-hybridized carbons (Fsp3) is 0.625. The highest BCUT2D eigenvalue weighted by Gasteiger charge is 2.14. The Hall–Kier alpha value is -0.900. The highest BCUT2D eigenvalue weighted by Crippen LogP contribution is 2.15. The lowest BCUT2D eigenvalue weighted by Crippen LogP contribution is -2.34. The van der Waals surface area contributed by atoms with Crippen LogP contribution < -0.4 is 5.73 Å². The molecule has 1 fully saturated rings. The van der Waals surface area contributed by atoms with E-state index in [-0.39, 0.29) is 6.04 Å². The summed E-state index contributed by atoms with van der Waals surface area (Å²) in [6.45, 7) is 6.96. The van der Waals surface area contributed by atoms with Crippen molar-refractivity contribution in [2.24, 2.45) is 5.73 Å². The maximum atomic E-state index is 6.32. The summed E-state index contributed by atoms with van der Waals surface area (Å²) in [5.74, 6) is 0. The molecule has 1 aliphatic heterocycles. The maximum Gasteiger partial charge on any atom is 0.0593 e. The molecule has 2 N–H and O–H groups in total. The third-order valence-electron chi connectivity index (χ3n) is 3.72. The van der Waals surface area contributed by atoms with Crippen LogP contribution in [0.3, 0.4) is 0 Å². The van der Waals surface area contributed by atoms with Crippen LogP contribution in [-0.4, -0.2) is 37.7 Å². The lowest BCUT2D eigenvalue weighted by atomic mass is 10.0. The van der Waals surface area contributed by atoms with Gasteiger partial charge < -0.3 is 10.5 Å². The first-order valence-corrected chi connectivity index (χ1v) is 7.44. The number of benzene rings is 1. The van der Waals surface area contributed by atoms with Gasteiger partial charge >= 0.3 is 0 Å². The SMILES string of the molecule is CCCc1ccc(C(N)CN2CCCOCC2)cc1. The Kier molecular flexibility index (Phi) is 5.83. The number of hydrogen-bond donors (Lipinski definition) is 1. The molecule has 1 aromatic rings. The summed E-state index contributed by atoms with van der Waals surface area (Å²) in [6.07, 6.45) is 3.46. The van der Waals surface area contributed by atoms with E-state index < -0.39 is 0 Å². The third kappa shape index (κ3) is 4.60. The van der Waals surface area contributed by atoms with Crippen LogP contribution in [0.25, 0.3) is 0 Å². The molecule has 0 amide bonds. The molecule has 0 saturated carbocycles. The van der Waals surface area contributed by atoms with Crippen LogP contribution in [0.1, 0.15) is 36.9 Å². The van der Waals surface area contributed by atoms with Gasteiger partial charge in [-0.25, -0.2) is 0 Å². The summed E-state index contributed by atoms with van der Waals surface area (Å²) in [5, 5.41) is 0. The Labute approximate surface area is 116 Å². The van der Waals surface area contributed by atoms with Gasteiger partial charge in [0.1, 0.15) is 0 Å². The molecule has 1 aromatic carbocycles. The van der Waals surface area contributed by atoms with Crippen molar-refractivity contribution in [3.8, 4) is 0 Å². The maximum absolute atomic E-state index is 6.32. The quantitative estimate of drug-likeness (QED) is 0.885. The van der Waals surface area contributed by atoms with Crippen molar-refractivity contribution in [3.05, 3.63) is 35.4 Å². The van der Waals surface area contributed by atoms with Crippen molar-refractivity contribution in [1.29, 1.82) is 0 Å². The van der Waals surface area contributed by atoms with Gasteiger partial charge in [-0.2, -0.15) is 0 Å². The van der Waals surface area contributed by atoms with E-state index in [1.54, 1.807) is 0 Å². The van der Waals surface area contributed by atoms with Gasteiger partial charge in [-0.3, -0.25) is 4.90 Å². The number of ether oxygens (including phenoxy) is 1. The van der Waals surface area contributed by atoms with Crippen LogP contribution in [0.15, 0.2) is 24.3 Å². The van der Waals surface area contributed by atoms with E-state index in [9.17, 15) is 0 Å². The zero-order valence-electron chi connectivity index (χ0n) is 12.0. The number of rotatable bonds is 5. The minimum absolute atomic E-state index is 0.105. The van der Waals surface area contributed by atoms with E-state index in [1.807, 2.05) is 0 Å². The van der Waals surface area contributed by atoms with Crippen molar-refractivity contribution < 1.29 is 4.74 Å². The van der Waals surface area contributed by atoms with Gasteiger partial charge in [-0.15, -0.1) is 0 Å². The second kappa shape index (κ2) is 7.63. The van der Waals surface area contributed by atoms with Gasteiger partial charge in [0.05, 0.1) is 6.61 Å². The highest BCUT2D eigenvalue weighted by molar-refractivity contribution is 5.25. The lowest BCUT2D eigenvalue weighted by Gasteiger charge is -2.23. The minimum atomic E-state index is 0.105. The summed E-state index contributed by atoms with van der Waals surface area (Å²) in [7, 11) is 0. The van der Waals surface area contributed by atoms with Crippen LogP contribution in [0.5, 0.6) is 0 Å². The third-order valence-corrected chi connectivity index (χ3v) is 3.72. The van der Waals surface area contributed by atoms with Crippen LogP contribution in [0.4, 0.5) is 0 Å². The molecule has 0 radical (unpaired) electrons. The Morgan fingerprint density at radius 3 is 2.74 bits per heavy atom. The number of nitrogens with two attached hydrogens (primary N) is 1. The predicted molar refractivity (Wildman–Crippen MR) is 79.2 cm³/mol. The summed E-state index contributed by atoms with van der Waals surface area (Å²) in [5.41, 5.74) is 8.96. The molecule has 0 spiro atoms. The van der Waals surface area contributed by atoms with E-state index in [4.69, 9.17) is 10.5 Å². The monoisotopic (exact) mass is 262 g/mol. The fourth-order valence-electron chi connectivity index (χ4n) is 2.58. The second-order valence-corrected chi connectivity index (χ2v) is 5.36. The molecular weight excluding hydrogens is 236 g/mol. The zero-order valence-corrected chi connectivity index (χ0v) is 12.0. The molecule has 3 heteroatoms. The number of hydrogen-bond acceptors (Lipinski definition) is 3. The van der Waals surface area contributed by atoms with E-state index >= 15 is 0 Å². The average molecular weight is 262 g/mol.